The molecule has 4 rings (SSSR count). The third-order valence-corrected chi connectivity index (χ3v) is 8.58. The number of aryl methyl sites for hydroxylation is 1. The molecule has 2 heterocycles. The first-order valence-corrected chi connectivity index (χ1v) is 15.0. The number of amides is 4. The maximum Gasteiger partial charge on any atom is 0.573 e. The molecule has 0 bridgehead atoms. The van der Waals surface area contributed by atoms with Crippen LogP contribution in [0, 0.1) is 11.3 Å². The Labute approximate surface area is 250 Å². The lowest BCUT2D eigenvalue weighted by atomic mass is 9.72. The lowest BCUT2D eigenvalue weighted by Crippen LogP contribution is -2.73. The molecule has 1 N–H and O–H groups in total. The number of ether oxygens (including phenoxy) is 2. The Morgan fingerprint density at radius 3 is 2.14 bits per heavy atom. The van der Waals surface area contributed by atoms with Crippen LogP contribution in [-0.2, 0) is 11.2 Å². The number of carbonyl (C=O) groups is 3. The van der Waals surface area contributed by atoms with Crippen LogP contribution in [0.5, 0.6) is 11.5 Å². The van der Waals surface area contributed by atoms with Crippen molar-refractivity contribution in [2.45, 2.75) is 78.3 Å². The van der Waals surface area contributed by atoms with Crippen LogP contribution in [0.2, 0.25) is 0 Å². The van der Waals surface area contributed by atoms with Gasteiger partial charge in [-0.3, -0.25) is 9.59 Å². The van der Waals surface area contributed by atoms with Gasteiger partial charge < -0.3 is 19.7 Å². The fourth-order valence-corrected chi connectivity index (χ4v) is 5.69. The van der Waals surface area contributed by atoms with Crippen LogP contribution in [0.4, 0.5) is 18.0 Å². The molecule has 1 atom stereocenters. The van der Waals surface area contributed by atoms with E-state index in [0.29, 0.717) is 55.9 Å². The number of urea groups is 1. The smallest absolute Gasteiger partial charge is 0.469 e. The van der Waals surface area contributed by atoms with Crippen LogP contribution < -0.4 is 14.8 Å². The van der Waals surface area contributed by atoms with E-state index in [4.69, 9.17) is 4.74 Å². The molecule has 11 heteroatoms. The molecule has 2 fully saturated rings. The van der Waals surface area contributed by atoms with E-state index in [2.05, 4.69) is 17.0 Å². The lowest BCUT2D eigenvalue weighted by molar-refractivity contribution is -0.274. The van der Waals surface area contributed by atoms with Gasteiger partial charge in [-0.15, -0.1) is 13.2 Å². The predicted molar refractivity (Wildman–Crippen MR) is 154 cm³/mol. The maximum absolute atomic E-state index is 13.2. The van der Waals surface area contributed by atoms with Gasteiger partial charge in [0, 0.05) is 25.2 Å². The second-order valence-corrected chi connectivity index (χ2v) is 11.4. The number of benzene rings is 2. The third kappa shape index (κ3) is 7.61. The average molecular weight is 604 g/mol. The highest BCUT2D eigenvalue weighted by atomic mass is 19.4. The Morgan fingerprint density at radius 1 is 0.953 bits per heavy atom. The summed E-state index contributed by atoms with van der Waals surface area (Å²) in [6, 6.07) is 12.0. The molecule has 0 aromatic heterocycles. The molecule has 8 nitrogen and oxygen atoms in total. The zero-order valence-corrected chi connectivity index (χ0v) is 24.9. The Morgan fingerprint density at radius 2 is 1.56 bits per heavy atom. The molecule has 2 saturated heterocycles. The number of unbranched alkanes of at least 4 members (excludes halogenated alkanes) is 1. The summed E-state index contributed by atoms with van der Waals surface area (Å²) in [6.07, 6.45) is -0.601. The van der Waals surface area contributed by atoms with Crippen LogP contribution in [0.3, 0.4) is 0 Å². The Kier molecular flexibility index (Phi) is 10.2. The third-order valence-electron chi connectivity index (χ3n) is 8.58. The topological polar surface area (TPSA) is 88.2 Å². The van der Waals surface area contributed by atoms with Gasteiger partial charge in [0.05, 0.1) is 0 Å². The van der Waals surface area contributed by atoms with E-state index in [1.54, 1.807) is 36.4 Å². The van der Waals surface area contributed by atoms with E-state index in [9.17, 15) is 27.6 Å². The average Bonchev–Trinajstić information content (AvgIpc) is 2.98. The first-order valence-electron chi connectivity index (χ1n) is 15.0. The normalized spacial score (nSPS) is 18.7. The summed E-state index contributed by atoms with van der Waals surface area (Å²) in [5.41, 5.74) is 0.600. The van der Waals surface area contributed by atoms with Crippen molar-refractivity contribution in [1.82, 2.24) is 15.1 Å². The van der Waals surface area contributed by atoms with Gasteiger partial charge in [0.15, 0.2) is 6.23 Å². The van der Waals surface area contributed by atoms with Gasteiger partial charge in [0.25, 0.3) is 5.91 Å². The molecule has 0 unspecified atom stereocenters. The van der Waals surface area contributed by atoms with Crippen molar-refractivity contribution in [3.05, 3.63) is 59.7 Å². The number of imide groups is 1. The van der Waals surface area contributed by atoms with Crippen molar-refractivity contribution in [3.63, 3.8) is 0 Å². The molecule has 0 spiro atoms. The molecule has 2 aliphatic rings. The van der Waals surface area contributed by atoms with E-state index in [1.165, 1.54) is 12.1 Å². The fourth-order valence-electron chi connectivity index (χ4n) is 5.69. The van der Waals surface area contributed by atoms with Crippen molar-refractivity contribution >= 4 is 17.8 Å². The number of hydrogen-bond donors (Lipinski definition) is 1. The Bertz CT molecular complexity index is 1250. The minimum atomic E-state index is -4.73. The van der Waals surface area contributed by atoms with E-state index < -0.39 is 24.0 Å². The fraction of sp³-hybridized carbons (Fsp3) is 0.531. The molecule has 43 heavy (non-hydrogen) atoms. The van der Waals surface area contributed by atoms with E-state index in [1.807, 2.05) is 18.7 Å². The molecular formula is C32H40F3N3O5. The highest BCUT2D eigenvalue weighted by molar-refractivity contribution is 6.03. The zero-order valence-electron chi connectivity index (χ0n) is 24.9. The molecule has 2 aliphatic heterocycles. The van der Waals surface area contributed by atoms with E-state index in [0.717, 1.165) is 36.4 Å². The summed E-state index contributed by atoms with van der Waals surface area (Å²) in [6.45, 7) is 7.81. The molecule has 0 aliphatic carbocycles. The van der Waals surface area contributed by atoms with Gasteiger partial charge in [0.1, 0.15) is 16.9 Å². The van der Waals surface area contributed by atoms with Crippen molar-refractivity contribution in [3.8, 4) is 11.5 Å². The Hall–Kier alpha value is -3.76. The number of hydrogen-bond acceptors (Lipinski definition) is 5. The molecule has 4 amide bonds. The van der Waals surface area contributed by atoms with Crippen molar-refractivity contribution in [1.29, 1.82) is 0 Å². The minimum Gasteiger partial charge on any atom is -0.469 e. The zero-order chi connectivity index (χ0) is 31.2. The van der Waals surface area contributed by atoms with Gasteiger partial charge in [-0.2, -0.15) is 0 Å². The highest BCUT2D eigenvalue weighted by Gasteiger charge is 2.62. The number of piperidine rings is 1. The molecule has 0 radical (unpaired) electrons. The standard InChI is InChI=1S/C32H40F3N3O5/c1-4-31(5-2)28(40)38(30(41)36-19-7-6-8-23-9-13-26(14-10-23)43-32(33,34)35)29(31)42-25-15-11-24(12-16-25)27(39)37-20-17-22(3)18-21-37/h9-16,22,29H,4-8,17-21H2,1-3H3,(H,36,41)/t29-/m0/s1. The number of rotatable bonds is 11. The summed E-state index contributed by atoms with van der Waals surface area (Å²) in [5, 5.41) is 2.79. The number of nitrogens with zero attached hydrogens (tertiary/aromatic N) is 2. The summed E-state index contributed by atoms with van der Waals surface area (Å²) in [4.78, 5) is 42.1. The van der Waals surface area contributed by atoms with E-state index >= 15 is 0 Å². The quantitative estimate of drug-likeness (QED) is 0.233. The molecule has 2 aromatic carbocycles. The second-order valence-electron chi connectivity index (χ2n) is 11.4. The second kappa shape index (κ2) is 13.7. The molecule has 234 valence electrons. The monoisotopic (exact) mass is 603 g/mol. The predicted octanol–water partition coefficient (Wildman–Crippen LogP) is 6.54. The SMILES string of the molecule is CCC1(CC)C(=O)N(C(=O)NCCCCc2ccc(OC(F)(F)F)cc2)[C@H]1Oc1ccc(C(=O)N2CCC(C)CC2)cc1. The molecular weight excluding hydrogens is 563 g/mol. The van der Waals surface area contributed by atoms with Gasteiger partial charge in [-0.1, -0.05) is 32.9 Å². The number of nitrogens with one attached hydrogen (secondary N) is 1. The number of carbonyl (C=O) groups excluding carboxylic acids is 3. The van der Waals surface area contributed by atoms with Crippen molar-refractivity contribution < 1.29 is 37.0 Å². The summed E-state index contributed by atoms with van der Waals surface area (Å²) >= 11 is 0. The lowest BCUT2D eigenvalue weighted by Gasteiger charge is -2.53. The van der Waals surface area contributed by atoms with E-state index in [-0.39, 0.29) is 17.6 Å². The van der Waals surface area contributed by atoms with Crippen LogP contribution >= 0.6 is 0 Å². The van der Waals surface area contributed by atoms with Crippen molar-refractivity contribution in [2.75, 3.05) is 19.6 Å². The van der Waals surface area contributed by atoms with Crippen molar-refractivity contribution in [2.24, 2.45) is 11.3 Å². The summed E-state index contributed by atoms with van der Waals surface area (Å²) in [5.74, 6) is 0.525. The number of alkyl halides is 3. The summed E-state index contributed by atoms with van der Waals surface area (Å²) < 4.78 is 47.1. The van der Waals surface area contributed by atoms with Crippen LogP contribution in [0.25, 0.3) is 0 Å². The molecule has 2 aromatic rings. The maximum atomic E-state index is 13.2. The van der Waals surface area contributed by atoms with Gasteiger partial charge in [-0.25, -0.2) is 9.69 Å². The number of likely N-dealkylation sites (tertiary alicyclic amines) is 2. The van der Waals surface area contributed by atoms with Crippen LogP contribution in [-0.4, -0.2) is 59.9 Å². The first kappa shape index (κ1) is 32.2. The van der Waals surface area contributed by atoms with Crippen LogP contribution in [0.15, 0.2) is 48.5 Å². The molecule has 0 saturated carbocycles. The van der Waals surface area contributed by atoms with Crippen LogP contribution in [0.1, 0.15) is 75.2 Å². The summed E-state index contributed by atoms with van der Waals surface area (Å²) in [7, 11) is 0. The number of β-lactam (4-membered cyclic amide) rings is 1. The Balaban J connectivity index is 1.29. The minimum absolute atomic E-state index is 0.0118. The van der Waals surface area contributed by atoms with Gasteiger partial charge in [-0.05, 0) is 92.8 Å². The first-order chi connectivity index (χ1) is 20.5. The largest absolute Gasteiger partial charge is 0.573 e. The highest BCUT2D eigenvalue weighted by Crippen LogP contribution is 2.46. The van der Waals surface area contributed by atoms with Gasteiger partial charge in [0.2, 0.25) is 5.91 Å². The number of halogens is 3. The van der Waals surface area contributed by atoms with Gasteiger partial charge >= 0.3 is 12.4 Å².